The van der Waals surface area contributed by atoms with Crippen molar-refractivity contribution in [3.63, 3.8) is 0 Å². The van der Waals surface area contributed by atoms with Crippen molar-refractivity contribution in [2.24, 2.45) is 0 Å². The van der Waals surface area contributed by atoms with Crippen LogP contribution in [0.15, 0.2) is 72.8 Å². The Hall–Kier alpha value is -2.95. The zero-order chi connectivity index (χ0) is 17.9. The molecule has 0 saturated carbocycles. The predicted octanol–water partition coefficient (Wildman–Crippen LogP) is 6.30. The van der Waals surface area contributed by atoms with Gasteiger partial charge in [-0.1, -0.05) is 42.0 Å². The van der Waals surface area contributed by atoms with Crippen molar-refractivity contribution in [2.45, 2.75) is 13.3 Å². The van der Waals surface area contributed by atoms with E-state index in [4.69, 9.17) is 0 Å². The van der Waals surface area contributed by atoms with Crippen LogP contribution in [0.25, 0.3) is 11.1 Å². The summed E-state index contributed by atoms with van der Waals surface area (Å²) in [6.07, 6.45) is -4.68. The predicted molar refractivity (Wildman–Crippen MR) is 93.0 cm³/mol. The Morgan fingerprint density at radius 1 is 0.760 bits per heavy atom. The fourth-order valence-electron chi connectivity index (χ4n) is 2.43. The first-order valence-corrected chi connectivity index (χ1v) is 7.69. The third-order valence-electron chi connectivity index (χ3n) is 3.62. The molecule has 3 rings (SSSR count). The van der Waals surface area contributed by atoms with Crippen molar-refractivity contribution >= 4 is 11.4 Å². The van der Waals surface area contributed by atoms with Crippen molar-refractivity contribution in [3.8, 4) is 16.9 Å². The summed E-state index contributed by atoms with van der Waals surface area (Å²) in [5.41, 5.74) is 4.76. The summed E-state index contributed by atoms with van der Waals surface area (Å²) in [4.78, 5) is 0. The average molecular weight is 343 g/mol. The monoisotopic (exact) mass is 343 g/mol. The molecule has 1 N–H and O–H groups in total. The standard InChI is InChI=1S/C20H16F3NO/c1-14-5-9-17(10-6-14)24-18-4-2-3-16(13-18)15-7-11-19(12-8-15)25-20(21,22)23/h2-13,24H,1H3. The maximum atomic E-state index is 12.2. The Kier molecular flexibility index (Phi) is 4.65. The van der Waals surface area contributed by atoms with E-state index >= 15 is 0 Å². The van der Waals surface area contributed by atoms with Crippen molar-refractivity contribution in [2.75, 3.05) is 5.32 Å². The molecule has 0 heterocycles. The van der Waals surface area contributed by atoms with Gasteiger partial charge in [-0.15, -0.1) is 13.2 Å². The first-order chi connectivity index (χ1) is 11.9. The number of halogens is 3. The van der Waals surface area contributed by atoms with Crippen LogP contribution in [0, 0.1) is 6.92 Å². The van der Waals surface area contributed by atoms with Gasteiger partial charge in [0.05, 0.1) is 0 Å². The van der Waals surface area contributed by atoms with Crippen molar-refractivity contribution in [1.82, 2.24) is 0 Å². The molecule has 0 saturated heterocycles. The molecule has 5 heteroatoms. The molecule has 3 aromatic carbocycles. The van der Waals surface area contributed by atoms with Crippen LogP contribution in [0.5, 0.6) is 5.75 Å². The van der Waals surface area contributed by atoms with Gasteiger partial charge in [0.2, 0.25) is 0 Å². The van der Waals surface area contributed by atoms with Crippen molar-refractivity contribution in [1.29, 1.82) is 0 Å². The van der Waals surface area contributed by atoms with Gasteiger partial charge in [0.15, 0.2) is 0 Å². The van der Waals surface area contributed by atoms with Crippen LogP contribution in [-0.2, 0) is 0 Å². The highest BCUT2D eigenvalue weighted by molar-refractivity contribution is 5.71. The van der Waals surface area contributed by atoms with Gasteiger partial charge in [-0.3, -0.25) is 0 Å². The smallest absolute Gasteiger partial charge is 0.406 e. The molecule has 0 aliphatic rings. The lowest BCUT2D eigenvalue weighted by Crippen LogP contribution is -2.16. The number of aryl methyl sites for hydroxylation is 1. The summed E-state index contributed by atoms with van der Waals surface area (Å²) < 4.78 is 40.6. The first kappa shape index (κ1) is 16.9. The molecule has 0 aromatic heterocycles. The maximum Gasteiger partial charge on any atom is 0.573 e. The largest absolute Gasteiger partial charge is 0.573 e. The SMILES string of the molecule is Cc1ccc(Nc2cccc(-c3ccc(OC(F)(F)F)cc3)c2)cc1. The minimum atomic E-state index is -4.68. The van der Waals surface area contributed by atoms with E-state index < -0.39 is 6.36 Å². The van der Waals surface area contributed by atoms with E-state index in [0.717, 1.165) is 22.5 Å². The Bertz CT molecular complexity index is 840. The summed E-state index contributed by atoms with van der Waals surface area (Å²) in [7, 11) is 0. The molecule has 3 aromatic rings. The minimum Gasteiger partial charge on any atom is -0.406 e. The van der Waals surface area contributed by atoms with Gasteiger partial charge in [-0.25, -0.2) is 0 Å². The number of anilines is 2. The normalized spacial score (nSPS) is 11.2. The minimum absolute atomic E-state index is 0.231. The fourth-order valence-corrected chi connectivity index (χ4v) is 2.43. The quantitative estimate of drug-likeness (QED) is 0.600. The fraction of sp³-hybridized carbons (Fsp3) is 0.100. The topological polar surface area (TPSA) is 21.3 Å². The van der Waals surface area contributed by atoms with Gasteiger partial charge in [0.1, 0.15) is 5.75 Å². The highest BCUT2D eigenvalue weighted by Crippen LogP contribution is 2.28. The number of ether oxygens (including phenoxy) is 1. The number of hydrogen-bond acceptors (Lipinski definition) is 2. The molecule has 25 heavy (non-hydrogen) atoms. The van der Waals surface area contributed by atoms with Crippen LogP contribution in [0.2, 0.25) is 0 Å². The highest BCUT2D eigenvalue weighted by atomic mass is 19.4. The molecule has 0 unspecified atom stereocenters. The third-order valence-corrected chi connectivity index (χ3v) is 3.62. The molecule has 0 radical (unpaired) electrons. The molecular weight excluding hydrogens is 327 g/mol. The van der Waals surface area contributed by atoms with Crippen LogP contribution >= 0.6 is 0 Å². The van der Waals surface area contributed by atoms with Crippen LogP contribution < -0.4 is 10.1 Å². The molecule has 0 spiro atoms. The van der Waals surface area contributed by atoms with Crippen molar-refractivity contribution in [3.05, 3.63) is 78.4 Å². The molecule has 0 bridgehead atoms. The van der Waals surface area contributed by atoms with E-state index in [1.807, 2.05) is 55.5 Å². The van der Waals surface area contributed by atoms with Crippen LogP contribution in [-0.4, -0.2) is 6.36 Å². The maximum absolute atomic E-state index is 12.2. The van der Waals surface area contributed by atoms with Gasteiger partial charge in [-0.2, -0.15) is 0 Å². The van der Waals surface area contributed by atoms with Gasteiger partial charge >= 0.3 is 6.36 Å². The zero-order valence-electron chi connectivity index (χ0n) is 13.5. The second-order valence-corrected chi connectivity index (χ2v) is 5.64. The highest BCUT2D eigenvalue weighted by Gasteiger charge is 2.30. The molecule has 0 fully saturated rings. The second kappa shape index (κ2) is 6.89. The Morgan fingerprint density at radius 2 is 1.44 bits per heavy atom. The molecule has 0 atom stereocenters. The number of alkyl halides is 3. The van der Waals surface area contributed by atoms with E-state index in [9.17, 15) is 13.2 Å². The molecule has 128 valence electrons. The first-order valence-electron chi connectivity index (χ1n) is 7.69. The lowest BCUT2D eigenvalue weighted by atomic mass is 10.0. The van der Waals surface area contributed by atoms with Gasteiger partial charge in [0, 0.05) is 11.4 Å². The summed E-state index contributed by atoms with van der Waals surface area (Å²) in [6.45, 7) is 2.02. The van der Waals surface area contributed by atoms with Crippen LogP contribution in [0.4, 0.5) is 24.5 Å². The van der Waals surface area contributed by atoms with Gasteiger partial charge in [0.25, 0.3) is 0 Å². The Morgan fingerprint density at radius 3 is 2.08 bits per heavy atom. The van der Waals surface area contributed by atoms with E-state index in [-0.39, 0.29) is 5.75 Å². The number of benzene rings is 3. The Labute approximate surface area is 143 Å². The molecule has 0 aliphatic heterocycles. The van der Waals surface area contributed by atoms with Gasteiger partial charge in [-0.05, 0) is 54.4 Å². The summed E-state index contributed by atoms with van der Waals surface area (Å²) >= 11 is 0. The summed E-state index contributed by atoms with van der Waals surface area (Å²) in [5, 5.41) is 3.31. The van der Waals surface area contributed by atoms with E-state index in [0.29, 0.717) is 0 Å². The van der Waals surface area contributed by atoms with E-state index in [1.54, 1.807) is 12.1 Å². The van der Waals surface area contributed by atoms with E-state index in [2.05, 4.69) is 10.1 Å². The second-order valence-electron chi connectivity index (χ2n) is 5.64. The third kappa shape index (κ3) is 4.76. The van der Waals surface area contributed by atoms with Crippen LogP contribution in [0.3, 0.4) is 0 Å². The number of hydrogen-bond donors (Lipinski definition) is 1. The molecule has 2 nitrogen and oxygen atoms in total. The molecule has 0 aliphatic carbocycles. The zero-order valence-corrected chi connectivity index (χ0v) is 13.5. The lowest BCUT2D eigenvalue weighted by Gasteiger charge is -2.11. The molecule has 0 amide bonds. The van der Waals surface area contributed by atoms with Gasteiger partial charge < -0.3 is 10.1 Å². The van der Waals surface area contributed by atoms with E-state index in [1.165, 1.54) is 17.7 Å². The summed E-state index contributed by atoms with van der Waals surface area (Å²) in [6, 6.07) is 21.5. The number of rotatable bonds is 4. The lowest BCUT2D eigenvalue weighted by molar-refractivity contribution is -0.274. The summed E-state index contributed by atoms with van der Waals surface area (Å²) in [5.74, 6) is -0.231. The number of nitrogens with one attached hydrogen (secondary N) is 1. The Balaban J connectivity index is 1.78. The van der Waals surface area contributed by atoms with Crippen molar-refractivity contribution < 1.29 is 17.9 Å². The van der Waals surface area contributed by atoms with Crippen LogP contribution in [0.1, 0.15) is 5.56 Å². The molecular formula is C20H16F3NO. The average Bonchev–Trinajstić information content (AvgIpc) is 2.56.